The summed E-state index contributed by atoms with van der Waals surface area (Å²) in [5, 5.41) is 4.54. The highest BCUT2D eigenvalue weighted by atomic mass is 32.1. The molecule has 1 aliphatic heterocycles. The molecular formula is C22H24NS+. The maximum absolute atomic E-state index is 2.35. The summed E-state index contributed by atoms with van der Waals surface area (Å²) in [5.41, 5.74) is 4.41. The first-order valence-corrected chi connectivity index (χ1v) is 9.74. The van der Waals surface area contributed by atoms with Crippen LogP contribution in [0.5, 0.6) is 0 Å². The second kappa shape index (κ2) is 6.54. The topological polar surface area (TPSA) is 0 Å². The van der Waals surface area contributed by atoms with Gasteiger partial charge in [0.05, 0.1) is 25.6 Å². The van der Waals surface area contributed by atoms with Gasteiger partial charge in [0.25, 0.3) is 0 Å². The highest BCUT2D eigenvalue weighted by molar-refractivity contribution is 7.08. The van der Waals surface area contributed by atoms with E-state index in [4.69, 9.17) is 0 Å². The van der Waals surface area contributed by atoms with Gasteiger partial charge in [-0.3, -0.25) is 0 Å². The van der Waals surface area contributed by atoms with Crippen molar-refractivity contribution in [1.29, 1.82) is 0 Å². The minimum absolute atomic E-state index is 0.437. The zero-order valence-electron chi connectivity index (χ0n) is 14.1. The van der Waals surface area contributed by atoms with Crippen molar-refractivity contribution in [3.63, 3.8) is 0 Å². The van der Waals surface area contributed by atoms with Gasteiger partial charge in [0, 0.05) is 11.1 Å². The maximum Gasteiger partial charge on any atom is 0.140 e. The van der Waals surface area contributed by atoms with Crippen molar-refractivity contribution >= 4 is 11.3 Å². The highest BCUT2D eigenvalue weighted by Gasteiger charge is 2.49. The van der Waals surface area contributed by atoms with Gasteiger partial charge in [0.15, 0.2) is 0 Å². The van der Waals surface area contributed by atoms with Gasteiger partial charge in [-0.05, 0) is 29.3 Å². The van der Waals surface area contributed by atoms with Crippen molar-refractivity contribution in [3.8, 4) is 0 Å². The lowest BCUT2D eigenvalue weighted by atomic mass is 9.83. The molecule has 0 radical (unpaired) electrons. The molecule has 2 heteroatoms. The Morgan fingerprint density at radius 3 is 1.96 bits per heavy atom. The number of likely N-dealkylation sites (tertiary alicyclic amines) is 1. The monoisotopic (exact) mass is 334 g/mol. The molecule has 2 heterocycles. The van der Waals surface area contributed by atoms with Crippen molar-refractivity contribution in [3.05, 3.63) is 94.2 Å². The molecule has 0 bridgehead atoms. The third kappa shape index (κ3) is 2.70. The molecule has 0 spiro atoms. The Balaban J connectivity index is 1.70. The summed E-state index contributed by atoms with van der Waals surface area (Å²) in [4.78, 5) is 0. The van der Waals surface area contributed by atoms with Crippen LogP contribution in [0.15, 0.2) is 77.5 Å². The Hall–Kier alpha value is -1.90. The maximum atomic E-state index is 2.35. The Kier molecular flexibility index (Phi) is 4.26. The standard InChI is InChI=1S/C22H24NS/c1-2-23(15-21(16-23)20-13-14-24-17-20)22(18-9-5-3-6-10-18)19-11-7-4-8-12-19/h3-14,17,21-22H,2,15-16H2,1H3/q+1. The Bertz CT molecular complexity index is 719. The number of quaternary nitrogens is 1. The quantitative estimate of drug-likeness (QED) is 0.543. The fraction of sp³-hybridized carbons (Fsp3) is 0.273. The summed E-state index contributed by atoms with van der Waals surface area (Å²) < 4.78 is 1.16. The number of hydrogen-bond acceptors (Lipinski definition) is 1. The summed E-state index contributed by atoms with van der Waals surface area (Å²) in [6.45, 7) is 6.00. The van der Waals surface area contributed by atoms with Crippen molar-refractivity contribution in [2.75, 3.05) is 19.6 Å². The van der Waals surface area contributed by atoms with Crippen LogP contribution in [0.25, 0.3) is 0 Å². The lowest BCUT2D eigenvalue weighted by Crippen LogP contribution is -2.63. The average Bonchev–Trinajstić information content (AvgIpc) is 3.13. The minimum Gasteiger partial charge on any atom is -0.312 e. The van der Waals surface area contributed by atoms with E-state index in [-0.39, 0.29) is 0 Å². The summed E-state index contributed by atoms with van der Waals surface area (Å²) in [6, 6.07) is 24.9. The van der Waals surface area contributed by atoms with E-state index in [1.54, 1.807) is 0 Å². The van der Waals surface area contributed by atoms with Crippen molar-refractivity contribution in [2.24, 2.45) is 0 Å². The van der Waals surface area contributed by atoms with Gasteiger partial charge in [-0.25, -0.2) is 0 Å². The lowest BCUT2D eigenvalue weighted by Gasteiger charge is -2.54. The predicted molar refractivity (Wildman–Crippen MR) is 102 cm³/mol. The van der Waals surface area contributed by atoms with Crippen LogP contribution >= 0.6 is 11.3 Å². The van der Waals surface area contributed by atoms with Crippen LogP contribution in [0, 0.1) is 0 Å². The number of likely N-dealkylation sites (N-methyl/N-ethyl adjacent to an activating group) is 1. The highest BCUT2D eigenvalue weighted by Crippen LogP contribution is 2.45. The zero-order chi connectivity index (χ0) is 16.4. The fourth-order valence-corrected chi connectivity index (χ4v) is 5.03. The number of thiophene rings is 1. The molecule has 3 aromatic rings. The molecule has 1 saturated heterocycles. The van der Waals surface area contributed by atoms with E-state index < -0.39 is 0 Å². The summed E-state index contributed by atoms with van der Waals surface area (Å²) in [7, 11) is 0. The van der Waals surface area contributed by atoms with Crippen molar-refractivity contribution < 1.29 is 4.48 Å². The Morgan fingerprint density at radius 1 is 0.917 bits per heavy atom. The Morgan fingerprint density at radius 2 is 1.50 bits per heavy atom. The normalized spacial score (nSPS) is 23.2. The van der Waals surface area contributed by atoms with E-state index >= 15 is 0 Å². The molecule has 0 N–H and O–H groups in total. The number of rotatable bonds is 5. The second-order valence-electron chi connectivity index (χ2n) is 6.88. The first-order valence-electron chi connectivity index (χ1n) is 8.80. The van der Waals surface area contributed by atoms with E-state index in [1.165, 1.54) is 36.3 Å². The molecule has 0 atom stereocenters. The van der Waals surface area contributed by atoms with Crippen LogP contribution in [0.1, 0.15) is 35.6 Å². The summed E-state index contributed by atoms with van der Waals surface area (Å²) >= 11 is 1.82. The van der Waals surface area contributed by atoms with Gasteiger partial charge in [-0.1, -0.05) is 60.7 Å². The lowest BCUT2D eigenvalue weighted by molar-refractivity contribution is -0.988. The van der Waals surface area contributed by atoms with Crippen molar-refractivity contribution in [2.45, 2.75) is 18.9 Å². The van der Waals surface area contributed by atoms with E-state index in [1.807, 2.05) is 11.3 Å². The minimum atomic E-state index is 0.437. The number of benzene rings is 2. The molecule has 0 saturated carbocycles. The summed E-state index contributed by atoms with van der Waals surface area (Å²) in [6.07, 6.45) is 0. The van der Waals surface area contributed by atoms with Crippen LogP contribution in [0.3, 0.4) is 0 Å². The molecule has 1 nitrogen and oxygen atoms in total. The van der Waals surface area contributed by atoms with Crippen LogP contribution < -0.4 is 0 Å². The third-order valence-corrected chi connectivity index (χ3v) is 6.29. The van der Waals surface area contributed by atoms with Gasteiger partial charge < -0.3 is 4.48 Å². The van der Waals surface area contributed by atoms with Gasteiger partial charge >= 0.3 is 0 Å². The average molecular weight is 335 g/mol. The van der Waals surface area contributed by atoms with Crippen LogP contribution in [-0.2, 0) is 0 Å². The molecular weight excluding hydrogens is 310 g/mol. The van der Waals surface area contributed by atoms with Crippen LogP contribution in [0.4, 0.5) is 0 Å². The fourth-order valence-electron chi connectivity index (χ4n) is 4.29. The van der Waals surface area contributed by atoms with E-state index in [9.17, 15) is 0 Å². The van der Waals surface area contributed by atoms with Gasteiger partial charge in [-0.15, -0.1) is 0 Å². The van der Waals surface area contributed by atoms with E-state index in [0.29, 0.717) is 12.0 Å². The molecule has 2 aromatic carbocycles. The predicted octanol–water partition coefficient (Wildman–Crippen LogP) is 5.47. The molecule has 1 aromatic heterocycles. The third-order valence-electron chi connectivity index (χ3n) is 5.59. The number of nitrogens with zero attached hydrogens (tertiary/aromatic N) is 1. The summed E-state index contributed by atoms with van der Waals surface area (Å²) in [5.74, 6) is 0.714. The zero-order valence-corrected chi connectivity index (χ0v) is 15.0. The first-order chi connectivity index (χ1) is 11.8. The van der Waals surface area contributed by atoms with E-state index in [0.717, 1.165) is 4.48 Å². The van der Waals surface area contributed by atoms with Gasteiger partial charge in [-0.2, -0.15) is 11.3 Å². The molecule has 1 aliphatic rings. The largest absolute Gasteiger partial charge is 0.312 e. The Labute approximate surface area is 148 Å². The van der Waals surface area contributed by atoms with Crippen LogP contribution in [0.2, 0.25) is 0 Å². The van der Waals surface area contributed by atoms with Crippen molar-refractivity contribution in [1.82, 2.24) is 0 Å². The van der Waals surface area contributed by atoms with E-state index in [2.05, 4.69) is 84.4 Å². The molecule has 1 fully saturated rings. The van der Waals surface area contributed by atoms with Crippen LogP contribution in [-0.4, -0.2) is 24.1 Å². The molecule has 0 aliphatic carbocycles. The molecule has 0 amide bonds. The molecule has 0 unspecified atom stereocenters. The SMILES string of the molecule is CC[N+]1(C(c2ccccc2)c2ccccc2)CC(c2ccsc2)C1. The molecule has 24 heavy (non-hydrogen) atoms. The molecule has 122 valence electrons. The van der Waals surface area contributed by atoms with Gasteiger partial charge in [0.1, 0.15) is 6.04 Å². The second-order valence-corrected chi connectivity index (χ2v) is 7.66. The smallest absolute Gasteiger partial charge is 0.140 e. The first kappa shape index (κ1) is 15.6. The molecule has 4 rings (SSSR count). The van der Waals surface area contributed by atoms with Gasteiger partial charge in [0.2, 0.25) is 0 Å². The number of hydrogen-bond donors (Lipinski definition) is 0.